The van der Waals surface area contributed by atoms with Gasteiger partial charge in [0.15, 0.2) is 6.10 Å². The summed E-state index contributed by atoms with van der Waals surface area (Å²) in [5, 5.41) is 10.5. The molecule has 0 bridgehead atoms. The first-order valence-electron chi connectivity index (χ1n) is 7.70. The summed E-state index contributed by atoms with van der Waals surface area (Å²) >= 11 is 11.9. The van der Waals surface area contributed by atoms with E-state index in [1.165, 1.54) is 0 Å². The lowest BCUT2D eigenvalue weighted by Crippen LogP contribution is -2.53. The van der Waals surface area contributed by atoms with Crippen LogP contribution in [0.4, 0.5) is 0 Å². The fourth-order valence-corrected chi connectivity index (χ4v) is 3.50. The van der Waals surface area contributed by atoms with Crippen LogP contribution in [0.2, 0.25) is 10.0 Å². The van der Waals surface area contributed by atoms with E-state index in [0.717, 1.165) is 19.3 Å². The molecule has 6 heteroatoms. The van der Waals surface area contributed by atoms with Crippen molar-refractivity contribution in [3.05, 3.63) is 28.2 Å². The molecule has 0 radical (unpaired) electrons. The Bertz CT molecular complexity index is 601. The summed E-state index contributed by atoms with van der Waals surface area (Å²) in [6.45, 7) is 1.67. The second-order valence-electron chi connectivity index (χ2n) is 5.97. The van der Waals surface area contributed by atoms with E-state index in [9.17, 15) is 10.1 Å². The Hall–Kier alpha value is -1.44. The van der Waals surface area contributed by atoms with Gasteiger partial charge < -0.3 is 9.64 Å². The number of ether oxygens (including phenoxy) is 1. The quantitative estimate of drug-likeness (QED) is 0.802. The standard InChI is InChI=1S/C17H20Cl2N2O2/c1-12(23-15-9-13(18)8-14(19)10-15)16(22)21(2)17(11-20)6-4-3-5-7-17/h8-10,12H,3-7H2,1-2H3/t12-/m1/s1. The third-order valence-corrected chi connectivity index (χ3v) is 4.79. The van der Waals surface area contributed by atoms with E-state index >= 15 is 0 Å². The van der Waals surface area contributed by atoms with Crippen molar-refractivity contribution in [1.29, 1.82) is 5.26 Å². The molecule has 1 amide bonds. The highest BCUT2D eigenvalue weighted by atomic mass is 35.5. The van der Waals surface area contributed by atoms with Crippen LogP contribution in [-0.4, -0.2) is 29.5 Å². The van der Waals surface area contributed by atoms with Gasteiger partial charge in [-0.25, -0.2) is 0 Å². The first-order chi connectivity index (χ1) is 10.9. The van der Waals surface area contributed by atoms with Crippen molar-refractivity contribution in [3.63, 3.8) is 0 Å². The molecule has 1 fully saturated rings. The molecule has 4 nitrogen and oxygen atoms in total. The van der Waals surface area contributed by atoms with Crippen molar-refractivity contribution in [3.8, 4) is 11.8 Å². The number of hydrogen-bond acceptors (Lipinski definition) is 3. The number of benzene rings is 1. The minimum absolute atomic E-state index is 0.218. The van der Waals surface area contributed by atoms with Crippen LogP contribution in [0.3, 0.4) is 0 Å². The van der Waals surface area contributed by atoms with Crippen molar-refractivity contribution in [1.82, 2.24) is 4.90 Å². The van der Waals surface area contributed by atoms with Crippen molar-refractivity contribution in [2.75, 3.05) is 7.05 Å². The maximum Gasteiger partial charge on any atom is 0.264 e. The van der Waals surface area contributed by atoms with Gasteiger partial charge in [-0.1, -0.05) is 42.5 Å². The Kier molecular flexibility index (Phi) is 5.78. The van der Waals surface area contributed by atoms with Gasteiger partial charge in [0, 0.05) is 17.1 Å². The topological polar surface area (TPSA) is 53.3 Å². The molecule has 124 valence electrons. The second-order valence-corrected chi connectivity index (χ2v) is 6.84. The molecule has 0 heterocycles. The van der Waals surface area contributed by atoms with Crippen LogP contribution in [0.1, 0.15) is 39.0 Å². The van der Waals surface area contributed by atoms with Gasteiger partial charge in [0.05, 0.1) is 6.07 Å². The first kappa shape index (κ1) is 17.9. The van der Waals surface area contributed by atoms with E-state index in [1.807, 2.05) is 0 Å². The van der Waals surface area contributed by atoms with Gasteiger partial charge in [-0.05, 0) is 38.0 Å². The number of carbonyl (C=O) groups excluding carboxylic acids is 1. The number of rotatable bonds is 4. The molecule has 1 aromatic carbocycles. The number of likely N-dealkylation sites (N-methyl/N-ethyl adjacent to an activating group) is 1. The second kappa shape index (κ2) is 7.42. The van der Waals surface area contributed by atoms with Gasteiger partial charge in [-0.15, -0.1) is 0 Å². The molecule has 23 heavy (non-hydrogen) atoms. The highest BCUT2D eigenvalue weighted by molar-refractivity contribution is 6.34. The molecular formula is C17H20Cl2N2O2. The lowest BCUT2D eigenvalue weighted by Gasteiger charge is -2.40. The summed E-state index contributed by atoms with van der Waals surface area (Å²) in [6, 6.07) is 7.16. The Morgan fingerprint density at radius 3 is 2.35 bits per heavy atom. The van der Waals surface area contributed by atoms with E-state index in [-0.39, 0.29) is 5.91 Å². The molecule has 1 aromatic rings. The van der Waals surface area contributed by atoms with Gasteiger partial charge in [-0.3, -0.25) is 4.79 Å². The Morgan fingerprint density at radius 1 is 1.26 bits per heavy atom. The summed E-state index contributed by atoms with van der Waals surface area (Å²) in [5.41, 5.74) is -0.723. The monoisotopic (exact) mass is 354 g/mol. The molecule has 0 spiro atoms. The summed E-state index contributed by atoms with van der Waals surface area (Å²) < 4.78 is 5.67. The van der Waals surface area contributed by atoms with Gasteiger partial charge in [0.2, 0.25) is 0 Å². The molecule has 1 aliphatic rings. The van der Waals surface area contributed by atoms with Crippen LogP contribution in [-0.2, 0) is 4.79 Å². The third kappa shape index (κ3) is 4.10. The van der Waals surface area contributed by atoms with Crippen molar-refractivity contribution in [2.45, 2.75) is 50.7 Å². The first-order valence-corrected chi connectivity index (χ1v) is 8.45. The lowest BCUT2D eigenvalue weighted by atomic mass is 9.81. The SMILES string of the molecule is C[C@@H](Oc1cc(Cl)cc(Cl)c1)C(=O)N(C)C1(C#N)CCCCC1. The fraction of sp³-hybridized carbons (Fsp3) is 0.529. The summed E-state index contributed by atoms with van der Waals surface area (Å²) in [6.07, 6.45) is 3.73. The molecule has 1 saturated carbocycles. The average Bonchev–Trinajstić information content (AvgIpc) is 2.53. The minimum atomic E-state index is -0.723. The zero-order chi connectivity index (χ0) is 17.0. The predicted octanol–water partition coefficient (Wildman–Crippen LogP) is 4.45. The number of carbonyl (C=O) groups is 1. The van der Waals surface area contributed by atoms with Crippen LogP contribution in [0.25, 0.3) is 0 Å². The van der Waals surface area contributed by atoms with E-state index in [4.69, 9.17) is 27.9 Å². The molecular weight excluding hydrogens is 335 g/mol. The lowest BCUT2D eigenvalue weighted by molar-refractivity contribution is -0.141. The van der Waals surface area contributed by atoms with Crippen molar-refractivity contribution >= 4 is 29.1 Å². The van der Waals surface area contributed by atoms with E-state index in [0.29, 0.717) is 28.6 Å². The number of amides is 1. The molecule has 1 aliphatic carbocycles. The molecule has 1 atom stereocenters. The maximum absolute atomic E-state index is 12.7. The Balaban J connectivity index is 2.10. The molecule has 0 aromatic heterocycles. The van der Waals surface area contributed by atoms with E-state index in [1.54, 1.807) is 37.1 Å². The number of halogens is 2. The highest BCUT2D eigenvalue weighted by Crippen LogP contribution is 2.33. The van der Waals surface area contributed by atoms with Crippen LogP contribution in [0, 0.1) is 11.3 Å². The summed E-state index contributed by atoms with van der Waals surface area (Å²) in [5.74, 6) is 0.218. The smallest absolute Gasteiger partial charge is 0.264 e. The predicted molar refractivity (Wildman–Crippen MR) is 90.8 cm³/mol. The number of nitriles is 1. The molecule has 0 unspecified atom stereocenters. The van der Waals surface area contributed by atoms with Crippen LogP contribution >= 0.6 is 23.2 Å². The summed E-state index contributed by atoms with van der Waals surface area (Å²) in [7, 11) is 1.68. The number of hydrogen-bond donors (Lipinski definition) is 0. The van der Waals surface area contributed by atoms with Crippen LogP contribution in [0.5, 0.6) is 5.75 Å². The van der Waals surface area contributed by atoms with Crippen LogP contribution in [0.15, 0.2) is 18.2 Å². The molecule has 2 rings (SSSR count). The maximum atomic E-state index is 12.7. The van der Waals surface area contributed by atoms with E-state index in [2.05, 4.69) is 6.07 Å². The molecule has 0 N–H and O–H groups in total. The Labute approximate surface area is 146 Å². The zero-order valence-electron chi connectivity index (χ0n) is 13.3. The molecule has 0 aliphatic heterocycles. The van der Waals surface area contributed by atoms with Gasteiger partial charge in [0.25, 0.3) is 5.91 Å². The number of nitrogens with zero attached hydrogens (tertiary/aromatic N) is 2. The van der Waals surface area contributed by atoms with E-state index < -0.39 is 11.6 Å². The Morgan fingerprint density at radius 2 is 1.83 bits per heavy atom. The van der Waals surface area contributed by atoms with Crippen LogP contribution < -0.4 is 4.74 Å². The largest absolute Gasteiger partial charge is 0.481 e. The fourth-order valence-electron chi connectivity index (χ4n) is 2.99. The van der Waals surface area contributed by atoms with Gasteiger partial charge >= 0.3 is 0 Å². The summed E-state index contributed by atoms with van der Waals surface area (Å²) in [4.78, 5) is 14.2. The van der Waals surface area contributed by atoms with Crippen molar-refractivity contribution < 1.29 is 9.53 Å². The van der Waals surface area contributed by atoms with Gasteiger partial charge in [-0.2, -0.15) is 5.26 Å². The van der Waals surface area contributed by atoms with Crippen molar-refractivity contribution in [2.24, 2.45) is 0 Å². The molecule has 0 saturated heterocycles. The normalized spacial score (nSPS) is 17.9. The highest BCUT2D eigenvalue weighted by Gasteiger charge is 2.40. The zero-order valence-corrected chi connectivity index (χ0v) is 14.8. The average molecular weight is 355 g/mol. The third-order valence-electron chi connectivity index (χ3n) is 4.36. The minimum Gasteiger partial charge on any atom is -0.481 e. The van der Waals surface area contributed by atoms with Gasteiger partial charge in [0.1, 0.15) is 11.3 Å².